The van der Waals surface area contributed by atoms with Gasteiger partial charge in [0.2, 0.25) is 5.91 Å². The van der Waals surface area contributed by atoms with Crippen LogP contribution in [0.25, 0.3) is 0 Å². The molecule has 25 heavy (non-hydrogen) atoms. The van der Waals surface area contributed by atoms with Crippen molar-refractivity contribution < 1.29 is 22.8 Å². The van der Waals surface area contributed by atoms with Gasteiger partial charge in [-0.05, 0) is 30.3 Å². The van der Waals surface area contributed by atoms with Gasteiger partial charge in [0.15, 0.2) is 0 Å². The lowest BCUT2D eigenvalue weighted by Crippen LogP contribution is -2.25. The predicted molar refractivity (Wildman–Crippen MR) is 93.7 cm³/mol. The molecule has 0 unspecified atom stereocenters. The number of hydrogen-bond acceptors (Lipinski definition) is 5. The van der Waals surface area contributed by atoms with E-state index in [9.17, 15) is 13.2 Å². The Bertz CT molecular complexity index is 834. The summed E-state index contributed by atoms with van der Waals surface area (Å²) in [5.74, 6) is 0.413. The number of benzene rings is 2. The number of hydroxylamine groups is 1. The maximum atomic E-state index is 12.2. The Morgan fingerprint density at radius 3 is 2.32 bits per heavy atom. The number of anilines is 1. The molecule has 0 aliphatic heterocycles. The average Bonchev–Trinajstić information content (AvgIpc) is 2.61. The largest absolute Gasteiger partial charge is 0.496 e. The lowest BCUT2D eigenvalue weighted by Gasteiger charge is -2.14. The van der Waals surface area contributed by atoms with Crippen LogP contribution in [0.15, 0.2) is 53.4 Å². The number of sulfonamides is 1. The van der Waals surface area contributed by atoms with Gasteiger partial charge in [-0.1, -0.05) is 22.7 Å². The Morgan fingerprint density at radius 1 is 1.08 bits per heavy atom. The molecule has 0 aliphatic rings. The second-order valence-corrected chi connectivity index (χ2v) is 7.09. The first-order chi connectivity index (χ1) is 11.9. The highest BCUT2D eigenvalue weighted by Crippen LogP contribution is 2.20. The number of para-hydroxylation sites is 1. The third kappa shape index (κ3) is 4.56. The van der Waals surface area contributed by atoms with E-state index in [2.05, 4.69) is 5.32 Å². The minimum absolute atomic E-state index is 0.0691. The molecule has 0 saturated heterocycles. The minimum atomic E-state index is -3.71. The van der Waals surface area contributed by atoms with Crippen LogP contribution < -0.4 is 10.1 Å². The van der Waals surface area contributed by atoms with Gasteiger partial charge in [-0.25, -0.2) is 8.42 Å². The van der Waals surface area contributed by atoms with Gasteiger partial charge in [-0.15, -0.1) is 0 Å². The van der Waals surface area contributed by atoms with Crippen LogP contribution in [0.5, 0.6) is 5.75 Å². The number of amides is 1. The van der Waals surface area contributed by atoms with Crippen molar-refractivity contribution in [3.05, 3.63) is 54.1 Å². The summed E-state index contributed by atoms with van der Waals surface area (Å²) < 4.78 is 30.2. The highest BCUT2D eigenvalue weighted by atomic mass is 32.2. The molecule has 0 saturated carbocycles. The van der Waals surface area contributed by atoms with Gasteiger partial charge in [0.05, 0.1) is 25.5 Å². The molecule has 0 aromatic heterocycles. The molecule has 7 nitrogen and oxygen atoms in total. The molecule has 0 aliphatic carbocycles. The zero-order valence-corrected chi connectivity index (χ0v) is 15.0. The van der Waals surface area contributed by atoms with Crippen LogP contribution >= 0.6 is 0 Å². The average molecular weight is 364 g/mol. The van der Waals surface area contributed by atoms with E-state index in [4.69, 9.17) is 9.57 Å². The molecule has 0 fully saturated rings. The van der Waals surface area contributed by atoms with Crippen molar-refractivity contribution in [1.29, 1.82) is 0 Å². The van der Waals surface area contributed by atoms with Crippen molar-refractivity contribution in [2.75, 3.05) is 26.6 Å². The molecule has 2 aromatic rings. The monoisotopic (exact) mass is 364 g/mol. The fraction of sp³-hybridized carbons (Fsp3) is 0.235. The zero-order chi connectivity index (χ0) is 18.4. The normalized spacial score (nSPS) is 11.4. The summed E-state index contributed by atoms with van der Waals surface area (Å²) in [5, 5.41) is 2.73. The van der Waals surface area contributed by atoms with Crippen molar-refractivity contribution >= 4 is 21.6 Å². The molecule has 0 spiro atoms. The number of ether oxygens (including phenoxy) is 1. The number of nitrogens with zero attached hydrogens (tertiary/aromatic N) is 1. The van der Waals surface area contributed by atoms with Crippen LogP contribution in [0.3, 0.4) is 0 Å². The summed E-state index contributed by atoms with van der Waals surface area (Å²) in [6.45, 7) is 0. The Hall–Kier alpha value is -2.42. The van der Waals surface area contributed by atoms with Crippen LogP contribution in [0.1, 0.15) is 5.56 Å². The van der Waals surface area contributed by atoms with Crippen molar-refractivity contribution in [3.63, 3.8) is 0 Å². The van der Waals surface area contributed by atoms with E-state index in [-0.39, 0.29) is 17.2 Å². The summed E-state index contributed by atoms with van der Waals surface area (Å²) >= 11 is 0. The number of carbonyl (C=O) groups is 1. The lowest BCUT2D eigenvalue weighted by atomic mass is 10.1. The molecule has 0 radical (unpaired) electrons. The second kappa shape index (κ2) is 8.11. The first kappa shape index (κ1) is 18.9. The number of hydrogen-bond donors (Lipinski definition) is 1. The molecule has 2 aromatic carbocycles. The van der Waals surface area contributed by atoms with Gasteiger partial charge in [-0.3, -0.25) is 9.63 Å². The first-order valence-electron chi connectivity index (χ1n) is 7.43. The van der Waals surface area contributed by atoms with Crippen molar-refractivity contribution in [3.8, 4) is 5.75 Å². The van der Waals surface area contributed by atoms with Gasteiger partial charge < -0.3 is 10.1 Å². The van der Waals surface area contributed by atoms with E-state index in [1.165, 1.54) is 38.4 Å². The van der Waals surface area contributed by atoms with Gasteiger partial charge in [0.1, 0.15) is 5.75 Å². The molecule has 1 N–H and O–H groups in total. The third-order valence-corrected chi connectivity index (χ3v) is 5.27. The molecular weight excluding hydrogens is 344 g/mol. The van der Waals surface area contributed by atoms with E-state index in [1.54, 1.807) is 13.2 Å². The number of nitrogens with one attached hydrogen (secondary N) is 1. The van der Waals surface area contributed by atoms with E-state index in [0.717, 1.165) is 10.0 Å². The van der Waals surface area contributed by atoms with E-state index >= 15 is 0 Å². The topological polar surface area (TPSA) is 84.9 Å². The molecule has 0 atom stereocenters. The van der Waals surface area contributed by atoms with Crippen LogP contribution in [-0.2, 0) is 26.1 Å². The summed E-state index contributed by atoms with van der Waals surface area (Å²) in [6, 6.07) is 13.1. The molecule has 1 amide bonds. The third-order valence-electron chi connectivity index (χ3n) is 3.58. The molecule has 0 bridgehead atoms. The quantitative estimate of drug-likeness (QED) is 0.760. The molecule has 8 heteroatoms. The molecule has 134 valence electrons. The number of carbonyl (C=O) groups excluding carboxylic acids is 1. The number of methoxy groups -OCH3 is 1. The van der Waals surface area contributed by atoms with E-state index < -0.39 is 10.0 Å². The zero-order valence-electron chi connectivity index (χ0n) is 14.2. The molecule has 0 heterocycles. The minimum Gasteiger partial charge on any atom is -0.496 e. The highest BCUT2D eigenvalue weighted by molar-refractivity contribution is 7.89. The van der Waals surface area contributed by atoms with Gasteiger partial charge in [0.25, 0.3) is 10.0 Å². The second-order valence-electron chi connectivity index (χ2n) is 5.16. The predicted octanol–water partition coefficient (Wildman–Crippen LogP) is 2.06. The molecular formula is C17H20N2O5S. The summed E-state index contributed by atoms with van der Waals surface area (Å²) in [5.41, 5.74) is 1.27. The molecule has 2 rings (SSSR count). The Balaban J connectivity index is 2.07. The summed E-state index contributed by atoms with van der Waals surface area (Å²) in [6.07, 6.45) is 0.149. The lowest BCUT2D eigenvalue weighted by molar-refractivity contribution is -0.115. The van der Waals surface area contributed by atoms with Crippen molar-refractivity contribution in [1.82, 2.24) is 4.47 Å². The van der Waals surface area contributed by atoms with Gasteiger partial charge >= 0.3 is 0 Å². The maximum Gasteiger partial charge on any atom is 0.264 e. The van der Waals surface area contributed by atoms with Crippen LogP contribution in [0, 0.1) is 0 Å². The maximum absolute atomic E-state index is 12.2. The van der Waals surface area contributed by atoms with Crippen LogP contribution in [0.4, 0.5) is 5.69 Å². The van der Waals surface area contributed by atoms with E-state index in [1.807, 2.05) is 18.2 Å². The van der Waals surface area contributed by atoms with Crippen molar-refractivity contribution in [2.45, 2.75) is 11.3 Å². The first-order valence-corrected chi connectivity index (χ1v) is 8.87. The SMILES string of the molecule is COc1ccccc1CC(=O)Nc1ccc(S(=O)(=O)N(C)OC)cc1. The van der Waals surface area contributed by atoms with Gasteiger partial charge in [0, 0.05) is 18.3 Å². The Labute approximate surface area is 147 Å². The van der Waals surface area contributed by atoms with Gasteiger partial charge in [-0.2, -0.15) is 0 Å². The smallest absolute Gasteiger partial charge is 0.264 e. The highest BCUT2D eigenvalue weighted by Gasteiger charge is 2.20. The van der Waals surface area contributed by atoms with Crippen molar-refractivity contribution in [2.24, 2.45) is 0 Å². The Kier molecular flexibility index (Phi) is 6.13. The summed E-state index contributed by atoms with van der Waals surface area (Å²) in [7, 11) is 0.410. The van der Waals surface area contributed by atoms with E-state index in [0.29, 0.717) is 11.4 Å². The fourth-order valence-electron chi connectivity index (χ4n) is 2.18. The number of rotatable bonds is 7. The van der Waals surface area contributed by atoms with Crippen LogP contribution in [-0.4, -0.2) is 40.1 Å². The summed E-state index contributed by atoms with van der Waals surface area (Å²) in [4.78, 5) is 17.0. The standard InChI is InChI=1S/C17H20N2O5S/c1-19(24-3)25(21,22)15-10-8-14(9-11-15)18-17(20)12-13-6-4-5-7-16(13)23-2/h4-11H,12H2,1-3H3,(H,18,20). The van der Waals surface area contributed by atoms with Crippen LogP contribution in [0.2, 0.25) is 0 Å². The Morgan fingerprint density at radius 2 is 1.72 bits per heavy atom. The fourth-order valence-corrected chi connectivity index (χ4v) is 3.16.